The van der Waals surface area contributed by atoms with Gasteiger partial charge in [-0.3, -0.25) is 0 Å². The zero-order valence-corrected chi connectivity index (χ0v) is 11.1. The van der Waals surface area contributed by atoms with Crippen LogP contribution in [0.1, 0.15) is 38.5 Å². The number of nitrogens with zero attached hydrogens (tertiary/aromatic N) is 1. The van der Waals surface area contributed by atoms with Crippen molar-refractivity contribution in [2.24, 2.45) is 5.73 Å². The van der Waals surface area contributed by atoms with Crippen molar-refractivity contribution in [1.29, 1.82) is 0 Å². The lowest BCUT2D eigenvalue weighted by Crippen LogP contribution is -2.55. The second kappa shape index (κ2) is 6.95. The number of hydrogen-bond donors (Lipinski definition) is 2. The van der Waals surface area contributed by atoms with E-state index < -0.39 is 0 Å². The van der Waals surface area contributed by atoms with Crippen molar-refractivity contribution < 1.29 is 9.53 Å². The van der Waals surface area contributed by atoms with Crippen LogP contribution in [0.25, 0.3) is 0 Å². The van der Waals surface area contributed by atoms with Gasteiger partial charge in [-0.05, 0) is 25.8 Å². The summed E-state index contributed by atoms with van der Waals surface area (Å²) >= 11 is 0. The second-order valence-corrected chi connectivity index (χ2v) is 5.28. The van der Waals surface area contributed by atoms with Crippen LogP contribution in [0.15, 0.2) is 0 Å². The number of nitrogens with one attached hydrogen (secondary N) is 1. The summed E-state index contributed by atoms with van der Waals surface area (Å²) < 4.78 is 5.43. The van der Waals surface area contributed by atoms with E-state index in [4.69, 9.17) is 10.5 Å². The summed E-state index contributed by atoms with van der Waals surface area (Å²) in [6, 6.07) is 0.587. The molecule has 2 fully saturated rings. The molecular weight excluding hydrogens is 230 g/mol. The van der Waals surface area contributed by atoms with Crippen LogP contribution >= 0.6 is 0 Å². The van der Waals surface area contributed by atoms with E-state index in [0.29, 0.717) is 32.3 Å². The summed E-state index contributed by atoms with van der Waals surface area (Å²) in [5.41, 5.74) is 5.59. The highest BCUT2D eigenvalue weighted by atomic mass is 16.5. The Hall–Kier alpha value is -0.810. The molecule has 104 valence electrons. The lowest BCUT2D eigenvalue weighted by molar-refractivity contribution is 0.00964. The molecule has 0 bridgehead atoms. The number of hydrogen-bond acceptors (Lipinski definition) is 3. The Morgan fingerprint density at radius 3 is 2.83 bits per heavy atom. The first-order chi connectivity index (χ1) is 8.81. The molecule has 2 amide bonds. The van der Waals surface area contributed by atoms with Crippen LogP contribution in [0, 0.1) is 0 Å². The fourth-order valence-electron chi connectivity index (χ4n) is 2.86. The second-order valence-electron chi connectivity index (χ2n) is 5.28. The molecule has 0 spiro atoms. The van der Waals surface area contributed by atoms with Crippen molar-refractivity contribution in [3.63, 3.8) is 0 Å². The van der Waals surface area contributed by atoms with Gasteiger partial charge in [0.15, 0.2) is 0 Å². The van der Waals surface area contributed by atoms with E-state index in [1.54, 1.807) is 0 Å². The topological polar surface area (TPSA) is 67.6 Å². The minimum absolute atomic E-state index is 0.0728. The van der Waals surface area contributed by atoms with Crippen molar-refractivity contribution in [3.05, 3.63) is 0 Å². The molecule has 1 saturated carbocycles. The molecule has 1 atom stereocenters. The number of rotatable bonds is 3. The molecule has 1 heterocycles. The van der Waals surface area contributed by atoms with Crippen molar-refractivity contribution >= 4 is 6.03 Å². The molecule has 0 aromatic carbocycles. The largest absolute Gasteiger partial charge is 0.377 e. The Bertz CT molecular complexity index is 265. The number of amides is 2. The summed E-state index contributed by atoms with van der Waals surface area (Å²) in [4.78, 5) is 14.2. The summed E-state index contributed by atoms with van der Waals surface area (Å²) in [5.74, 6) is 0. The van der Waals surface area contributed by atoms with Gasteiger partial charge in [-0.25, -0.2) is 4.79 Å². The minimum atomic E-state index is 0.0728. The molecular formula is C13H25N3O2. The summed E-state index contributed by atoms with van der Waals surface area (Å²) in [5, 5.41) is 3.17. The Labute approximate surface area is 109 Å². The normalized spacial score (nSPS) is 26.1. The number of nitrogens with two attached hydrogens (primary N) is 1. The number of urea groups is 1. The van der Waals surface area contributed by atoms with Gasteiger partial charge in [0, 0.05) is 12.6 Å². The molecule has 0 radical (unpaired) electrons. The maximum absolute atomic E-state index is 12.3. The number of carbonyl (C=O) groups is 1. The fraction of sp³-hybridized carbons (Fsp3) is 0.923. The first-order valence-corrected chi connectivity index (χ1v) is 7.16. The van der Waals surface area contributed by atoms with E-state index in [2.05, 4.69) is 5.32 Å². The van der Waals surface area contributed by atoms with Crippen molar-refractivity contribution in [1.82, 2.24) is 10.2 Å². The number of carbonyl (C=O) groups excluding carboxylic acids is 1. The zero-order chi connectivity index (χ0) is 12.8. The SMILES string of the molecule is NCCC1COCCN1C(=O)NC1CCCCC1. The van der Waals surface area contributed by atoms with Gasteiger partial charge in [-0.1, -0.05) is 19.3 Å². The van der Waals surface area contributed by atoms with Crippen LogP contribution < -0.4 is 11.1 Å². The number of ether oxygens (including phenoxy) is 1. The summed E-state index contributed by atoms with van der Waals surface area (Å²) in [7, 11) is 0. The van der Waals surface area contributed by atoms with Crippen LogP contribution in [-0.2, 0) is 4.74 Å². The van der Waals surface area contributed by atoms with Gasteiger partial charge in [0.1, 0.15) is 0 Å². The molecule has 5 heteroatoms. The van der Waals surface area contributed by atoms with Crippen LogP contribution in [0.4, 0.5) is 4.79 Å². The molecule has 1 aliphatic heterocycles. The van der Waals surface area contributed by atoms with Gasteiger partial charge in [-0.2, -0.15) is 0 Å². The lowest BCUT2D eigenvalue weighted by atomic mass is 9.96. The first-order valence-electron chi connectivity index (χ1n) is 7.16. The third-order valence-corrected chi connectivity index (χ3v) is 3.92. The predicted molar refractivity (Wildman–Crippen MR) is 70.4 cm³/mol. The molecule has 1 unspecified atom stereocenters. The van der Waals surface area contributed by atoms with Gasteiger partial charge >= 0.3 is 6.03 Å². The molecule has 0 aromatic heterocycles. The van der Waals surface area contributed by atoms with Gasteiger partial charge in [-0.15, -0.1) is 0 Å². The third kappa shape index (κ3) is 3.59. The monoisotopic (exact) mass is 255 g/mol. The zero-order valence-electron chi connectivity index (χ0n) is 11.1. The van der Waals surface area contributed by atoms with E-state index >= 15 is 0 Å². The molecule has 0 aromatic rings. The maximum atomic E-state index is 12.3. The molecule has 2 aliphatic rings. The average Bonchev–Trinajstić information content (AvgIpc) is 2.41. The van der Waals surface area contributed by atoms with E-state index in [1.165, 1.54) is 19.3 Å². The van der Waals surface area contributed by atoms with Crippen molar-refractivity contribution in [2.45, 2.75) is 50.6 Å². The summed E-state index contributed by atoms with van der Waals surface area (Å²) in [6.07, 6.45) is 6.84. The average molecular weight is 255 g/mol. The lowest BCUT2D eigenvalue weighted by Gasteiger charge is -2.37. The van der Waals surface area contributed by atoms with Crippen LogP contribution in [0.2, 0.25) is 0 Å². The highest BCUT2D eigenvalue weighted by Crippen LogP contribution is 2.18. The standard InChI is InChI=1S/C13H25N3O2/c14-7-6-12-10-18-9-8-16(12)13(17)15-11-4-2-1-3-5-11/h11-12H,1-10,14H2,(H,15,17). The van der Waals surface area contributed by atoms with E-state index in [-0.39, 0.29) is 12.1 Å². The predicted octanol–water partition coefficient (Wildman–Crippen LogP) is 1.08. The molecule has 2 rings (SSSR count). The van der Waals surface area contributed by atoms with Gasteiger partial charge in [0.25, 0.3) is 0 Å². The Morgan fingerprint density at radius 2 is 2.11 bits per heavy atom. The first kappa shape index (κ1) is 13.6. The Morgan fingerprint density at radius 1 is 1.33 bits per heavy atom. The van der Waals surface area contributed by atoms with E-state index in [0.717, 1.165) is 19.3 Å². The summed E-state index contributed by atoms with van der Waals surface area (Å²) in [6.45, 7) is 2.54. The van der Waals surface area contributed by atoms with Gasteiger partial charge in [0.2, 0.25) is 0 Å². The van der Waals surface area contributed by atoms with Crippen LogP contribution in [-0.4, -0.2) is 49.3 Å². The van der Waals surface area contributed by atoms with Crippen LogP contribution in [0.5, 0.6) is 0 Å². The fourth-order valence-corrected chi connectivity index (χ4v) is 2.86. The highest BCUT2D eigenvalue weighted by molar-refractivity contribution is 5.75. The smallest absolute Gasteiger partial charge is 0.318 e. The van der Waals surface area contributed by atoms with E-state index in [9.17, 15) is 4.79 Å². The Kier molecular flexibility index (Phi) is 5.26. The molecule has 1 aliphatic carbocycles. The van der Waals surface area contributed by atoms with Gasteiger partial charge < -0.3 is 20.7 Å². The molecule has 3 N–H and O–H groups in total. The molecule has 5 nitrogen and oxygen atoms in total. The van der Waals surface area contributed by atoms with E-state index in [1.807, 2.05) is 4.90 Å². The molecule has 1 saturated heterocycles. The maximum Gasteiger partial charge on any atom is 0.318 e. The quantitative estimate of drug-likeness (QED) is 0.793. The Balaban J connectivity index is 1.84. The third-order valence-electron chi connectivity index (χ3n) is 3.92. The molecule has 18 heavy (non-hydrogen) atoms. The van der Waals surface area contributed by atoms with Gasteiger partial charge in [0.05, 0.1) is 19.3 Å². The minimum Gasteiger partial charge on any atom is -0.377 e. The van der Waals surface area contributed by atoms with Crippen molar-refractivity contribution in [2.75, 3.05) is 26.3 Å². The van der Waals surface area contributed by atoms with Crippen molar-refractivity contribution in [3.8, 4) is 0 Å². The number of morpholine rings is 1. The van der Waals surface area contributed by atoms with Crippen LogP contribution in [0.3, 0.4) is 0 Å². The highest BCUT2D eigenvalue weighted by Gasteiger charge is 2.28.